The molecule has 2 heterocycles. The summed E-state index contributed by atoms with van der Waals surface area (Å²) in [5.41, 5.74) is 2.84. The molecule has 0 aliphatic heterocycles. The average Bonchev–Trinajstić information content (AvgIpc) is 3.20. The van der Waals surface area contributed by atoms with Crippen LogP contribution in [0.25, 0.3) is 10.9 Å². The highest BCUT2D eigenvalue weighted by atomic mass is 16.5. The highest BCUT2D eigenvalue weighted by molar-refractivity contribution is 5.99. The first-order valence-electron chi connectivity index (χ1n) is 8.75. The van der Waals surface area contributed by atoms with E-state index in [-0.39, 0.29) is 11.9 Å². The minimum Gasteiger partial charge on any atom is -0.385 e. The Labute approximate surface area is 153 Å². The summed E-state index contributed by atoms with van der Waals surface area (Å²) in [6.07, 6.45) is 2.55. The lowest BCUT2D eigenvalue weighted by atomic mass is 10.2. The molecule has 1 aromatic carbocycles. The Hall–Kier alpha value is -2.67. The van der Waals surface area contributed by atoms with Gasteiger partial charge in [-0.15, -0.1) is 10.2 Å². The van der Waals surface area contributed by atoms with Crippen LogP contribution in [0.1, 0.15) is 41.3 Å². The highest BCUT2D eigenvalue weighted by Gasteiger charge is 2.19. The summed E-state index contributed by atoms with van der Waals surface area (Å²) < 4.78 is 8.96. The van der Waals surface area contributed by atoms with E-state index >= 15 is 0 Å². The lowest BCUT2D eigenvalue weighted by Gasteiger charge is -2.15. The van der Waals surface area contributed by atoms with Gasteiger partial charge in [0, 0.05) is 38.2 Å². The van der Waals surface area contributed by atoms with E-state index in [1.807, 2.05) is 42.2 Å². The van der Waals surface area contributed by atoms with Crippen LogP contribution < -0.4 is 5.32 Å². The van der Waals surface area contributed by atoms with Crippen LogP contribution in [0.3, 0.4) is 0 Å². The molecule has 138 valence electrons. The summed E-state index contributed by atoms with van der Waals surface area (Å²) in [6, 6.07) is 7.86. The van der Waals surface area contributed by atoms with Gasteiger partial charge in [-0.25, -0.2) is 0 Å². The minimum atomic E-state index is -0.243. The van der Waals surface area contributed by atoms with Gasteiger partial charge >= 0.3 is 0 Å². The van der Waals surface area contributed by atoms with Gasteiger partial charge in [0.2, 0.25) is 0 Å². The van der Waals surface area contributed by atoms with Gasteiger partial charge in [0.1, 0.15) is 12.0 Å². The van der Waals surface area contributed by atoms with E-state index in [0.717, 1.165) is 29.7 Å². The minimum absolute atomic E-state index is 0.125. The molecule has 1 N–H and O–H groups in total. The van der Waals surface area contributed by atoms with Gasteiger partial charge in [0.15, 0.2) is 5.82 Å². The Bertz CT molecular complexity index is 912. The zero-order chi connectivity index (χ0) is 18.7. The number of fused-ring (bicyclic) bond motifs is 1. The smallest absolute Gasteiger partial charge is 0.268 e. The van der Waals surface area contributed by atoms with Gasteiger partial charge in [-0.2, -0.15) is 0 Å². The van der Waals surface area contributed by atoms with Crippen LogP contribution in [0.15, 0.2) is 30.6 Å². The summed E-state index contributed by atoms with van der Waals surface area (Å²) in [5.74, 6) is 0.615. The number of carbonyl (C=O) groups is 1. The monoisotopic (exact) mass is 355 g/mol. The van der Waals surface area contributed by atoms with Crippen LogP contribution in [-0.2, 0) is 18.3 Å². The molecule has 1 atom stereocenters. The van der Waals surface area contributed by atoms with Crippen molar-refractivity contribution < 1.29 is 9.53 Å². The molecule has 0 fully saturated rings. The molecule has 0 bridgehead atoms. The van der Waals surface area contributed by atoms with Crippen LogP contribution in [0.2, 0.25) is 0 Å². The predicted molar refractivity (Wildman–Crippen MR) is 100 cm³/mol. The first-order valence-corrected chi connectivity index (χ1v) is 8.75. The van der Waals surface area contributed by atoms with Crippen LogP contribution in [0.4, 0.5) is 0 Å². The topological polar surface area (TPSA) is 74.0 Å². The second-order valence-corrected chi connectivity index (χ2v) is 6.57. The molecule has 7 nitrogen and oxygen atoms in total. The van der Waals surface area contributed by atoms with Crippen LogP contribution in [-0.4, -0.2) is 39.0 Å². The van der Waals surface area contributed by atoms with E-state index < -0.39 is 0 Å². The third-order valence-corrected chi connectivity index (χ3v) is 4.56. The predicted octanol–water partition coefficient (Wildman–Crippen LogP) is 2.61. The van der Waals surface area contributed by atoms with Crippen LogP contribution in [0.5, 0.6) is 0 Å². The van der Waals surface area contributed by atoms with Gasteiger partial charge in [-0.1, -0.05) is 11.6 Å². The van der Waals surface area contributed by atoms with Gasteiger partial charge in [0.25, 0.3) is 5.91 Å². The molecule has 0 saturated heterocycles. The van der Waals surface area contributed by atoms with E-state index in [2.05, 4.69) is 27.6 Å². The number of amides is 1. The van der Waals surface area contributed by atoms with Crippen LogP contribution in [0, 0.1) is 6.92 Å². The van der Waals surface area contributed by atoms with Gasteiger partial charge < -0.3 is 19.2 Å². The molecule has 2 aromatic heterocycles. The number of hydrogen-bond donors (Lipinski definition) is 1. The number of aryl methyl sites for hydroxylation is 3. The van der Waals surface area contributed by atoms with Gasteiger partial charge in [-0.05, 0) is 38.5 Å². The number of methoxy groups -OCH3 is 1. The van der Waals surface area contributed by atoms with Gasteiger partial charge in [-0.3, -0.25) is 4.79 Å². The number of aromatic nitrogens is 4. The maximum Gasteiger partial charge on any atom is 0.268 e. The zero-order valence-electron chi connectivity index (χ0n) is 15.7. The normalized spacial score (nSPS) is 12.5. The lowest BCUT2D eigenvalue weighted by molar-refractivity contribution is 0.0929. The number of benzene rings is 1. The quantitative estimate of drug-likeness (QED) is 0.661. The molecule has 7 heteroatoms. The first-order chi connectivity index (χ1) is 12.5. The summed E-state index contributed by atoms with van der Waals surface area (Å²) in [5, 5.41) is 12.2. The van der Waals surface area contributed by atoms with Crippen molar-refractivity contribution in [2.24, 2.45) is 7.05 Å². The number of rotatable bonds is 7. The second kappa shape index (κ2) is 7.70. The van der Waals surface area contributed by atoms with Crippen molar-refractivity contribution >= 4 is 16.8 Å². The van der Waals surface area contributed by atoms with Crippen molar-refractivity contribution in [2.75, 3.05) is 13.7 Å². The van der Waals surface area contributed by atoms with Crippen molar-refractivity contribution in [3.05, 3.63) is 47.7 Å². The molecule has 0 radical (unpaired) electrons. The lowest BCUT2D eigenvalue weighted by Crippen LogP contribution is -2.30. The first kappa shape index (κ1) is 18.1. The Morgan fingerprint density at radius 3 is 2.92 bits per heavy atom. The fourth-order valence-electron chi connectivity index (χ4n) is 3.17. The van der Waals surface area contributed by atoms with Crippen LogP contribution >= 0.6 is 0 Å². The highest BCUT2D eigenvalue weighted by Crippen LogP contribution is 2.21. The molecule has 3 rings (SSSR count). The molecule has 0 saturated carbocycles. The van der Waals surface area contributed by atoms with E-state index in [4.69, 9.17) is 4.74 Å². The van der Waals surface area contributed by atoms with Crippen molar-refractivity contribution in [1.82, 2.24) is 24.6 Å². The van der Waals surface area contributed by atoms with E-state index in [1.54, 1.807) is 13.4 Å². The molecule has 0 aliphatic carbocycles. The summed E-state index contributed by atoms with van der Waals surface area (Å²) in [4.78, 5) is 12.8. The fraction of sp³-hybridized carbons (Fsp3) is 0.421. The molecule has 0 spiro atoms. The standard InChI is InChI=1S/C19H25N5O2/c1-13-6-7-16-15(10-13)11-17(23(16)3)19(25)21-14(2)18-22-20-12-24(18)8-5-9-26-4/h6-7,10-12,14H,5,8-9H2,1-4H3,(H,21,25). The Kier molecular flexibility index (Phi) is 5.37. The number of nitrogens with zero attached hydrogens (tertiary/aromatic N) is 4. The number of nitrogens with one attached hydrogen (secondary N) is 1. The van der Waals surface area contributed by atoms with E-state index in [1.165, 1.54) is 5.56 Å². The molecule has 1 unspecified atom stereocenters. The summed E-state index contributed by atoms with van der Waals surface area (Å²) in [6.45, 7) is 5.39. The SMILES string of the molecule is COCCCn1cnnc1C(C)NC(=O)c1cc2cc(C)ccc2n1C. The third-order valence-electron chi connectivity index (χ3n) is 4.56. The molecule has 0 aliphatic rings. The fourth-order valence-corrected chi connectivity index (χ4v) is 3.17. The summed E-state index contributed by atoms with van der Waals surface area (Å²) >= 11 is 0. The number of carbonyl (C=O) groups excluding carboxylic acids is 1. The zero-order valence-corrected chi connectivity index (χ0v) is 15.7. The molecular weight excluding hydrogens is 330 g/mol. The van der Waals surface area contributed by atoms with Crippen molar-refractivity contribution in [3.8, 4) is 0 Å². The van der Waals surface area contributed by atoms with Crippen molar-refractivity contribution in [2.45, 2.75) is 32.9 Å². The molecule has 26 heavy (non-hydrogen) atoms. The average molecular weight is 355 g/mol. The number of ether oxygens (including phenoxy) is 1. The third kappa shape index (κ3) is 3.62. The summed E-state index contributed by atoms with van der Waals surface area (Å²) in [7, 11) is 3.59. The molecular formula is C19H25N5O2. The van der Waals surface area contributed by atoms with E-state index in [0.29, 0.717) is 12.3 Å². The van der Waals surface area contributed by atoms with Crippen molar-refractivity contribution in [3.63, 3.8) is 0 Å². The second-order valence-electron chi connectivity index (χ2n) is 6.57. The molecule has 3 aromatic rings. The maximum atomic E-state index is 12.8. The van der Waals surface area contributed by atoms with Crippen molar-refractivity contribution in [1.29, 1.82) is 0 Å². The Morgan fingerprint density at radius 2 is 2.15 bits per heavy atom. The Balaban J connectivity index is 1.76. The van der Waals surface area contributed by atoms with E-state index in [9.17, 15) is 4.79 Å². The number of hydrogen-bond acceptors (Lipinski definition) is 4. The Morgan fingerprint density at radius 1 is 1.35 bits per heavy atom. The maximum absolute atomic E-state index is 12.8. The van der Waals surface area contributed by atoms with Gasteiger partial charge in [0.05, 0.1) is 6.04 Å². The largest absolute Gasteiger partial charge is 0.385 e. The molecule has 1 amide bonds.